The normalized spacial score (nSPS) is 23.2. The summed E-state index contributed by atoms with van der Waals surface area (Å²) in [6.45, 7) is 0.870. The van der Waals surface area contributed by atoms with E-state index >= 15 is 0 Å². The largest absolute Gasteiger partial charge is 0.481 e. The zero-order valence-corrected chi connectivity index (χ0v) is 6.69. The lowest BCUT2D eigenvalue weighted by Gasteiger charge is -2.13. The molecular weight excluding hydrogens is 160 g/mol. The summed E-state index contributed by atoms with van der Waals surface area (Å²) in [5, 5.41) is 8.36. The van der Waals surface area contributed by atoms with Crippen LogP contribution in [0.25, 0.3) is 0 Å². The Morgan fingerprint density at radius 3 is 2.83 bits per heavy atom. The second kappa shape index (κ2) is 3.53. The number of carboxylic acids is 1. The molecule has 0 bridgehead atoms. The van der Waals surface area contributed by atoms with Crippen molar-refractivity contribution in [2.45, 2.75) is 18.9 Å². The van der Waals surface area contributed by atoms with Crippen molar-refractivity contribution in [2.24, 2.45) is 5.73 Å². The summed E-state index contributed by atoms with van der Waals surface area (Å²) in [6, 6.07) is -0.418. The molecular formula is C7H12N2O3. The summed E-state index contributed by atoms with van der Waals surface area (Å²) in [7, 11) is 0. The van der Waals surface area contributed by atoms with Gasteiger partial charge >= 0.3 is 5.97 Å². The Morgan fingerprint density at radius 2 is 2.42 bits per heavy atom. The van der Waals surface area contributed by atoms with Crippen LogP contribution in [-0.2, 0) is 9.59 Å². The van der Waals surface area contributed by atoms with Crippen molar-refractivity contribution < 1.29 is 14.7 Å². The van der Waals surface area contributed by atoms with Crippen molar-refractivity contribution in [1.82, 2.24) is 4.90 Å². The maximum atomic E-state index is 11.1. The molecule has 0 unspecified atom stereocenters. The highest BCUT2D eigenvalue weighted by Gasteiger charge is 2.28. The maximum absolute atomic E-state index is 11.1. The van der Waals surface area contributed by atoms with Crippen LogP contribution in [0.3, 0.4) is 0 Å². The molecule has 3 N–H and O–H groups in total. The number of carbonyl (C=O) groups excluding carboxylic acids is 1. The molecule has 0 aromatic rings. The number of carbonyl (C=O) groups is 2. The number of rotatable bonds is 3. The fourth-order valence-corrected chi connectivity index (χ4v) is 1.22. The molecule has 0 radical (unpaired) electrons. The lowest BCUT2D eigenvalue weighted by Crippen LogP contribution is -2.35. The standard InChI is InChI=1S/C7H12N2O3/c8-5-1-3-9(7(5)12)4-2-6(10)11/h5H,1-4,8H2,(H,10,11)/t5-/m1/s1. The molecule has 1 atom stereocenters. The second-order valence-electron chi connectivity index (χ2n) is 2.86. The van der Waals surface area contributed by atoms with Gasteiger partial charge in [-0.2, -0.15) is 0 Å². The van der Waals surface area contributed by atoms with E-state index in [0.29, 0.717) is 13.0 Å². The van der Waals surface area contributed by atoms with E-state index in [9.17, 15) is 9.59 Å². The van der Waals surface area contributed by atoms with Gasteiger partial charge < -0.3 is 15.7 Å². The maximum Gasteiger partial charge on any atom is 0.305 e. The third-order valence-electron chi connectivity index (χ3n) is 1.93. The van der Waals surface area contributed by atoms with Crippen LogP contribution in [-0.4, -0.2) is 41.0 Å². The Labute approximate surface area is 70.1 Å². The lowest BCUT2D eigenvalue weighted by atomic mass is 10.3. The predicted molar refractivity (Wildman–Crippen MR) is 41.4 cm³/mol. The van der Waals surface area contributed by atoms with Gasteiger partial charge in [-0.1, -0.05) is 0 Å². The Balaban J connectivity index is 2.34. The Bertz CT molecular complexity index is 205. The molecule has 1 heterocycles. The first-order valence-electron chi connectivity index (χ1n) is 3.87. The molecule has 68 valence electrons. The summed E-state index contributed by atoms with van der Waals surface area (Å²) in [6.07, 6.45) is 0.636. The first-order valence-corrected chi connectivity index (χ1v) is 3.87. The summed E-state index contributed by atoms with van der Waals surface area (Å²) < 4.78 is 0. The number of carboxylic acid groups (broad SMARTS) is 1. The van der Waals surface area contributed by atoms with Crippen LogP contribution in [0.5, 0.6) is 0 Å². The highest BCUT2D eigenvalue weighted by molar-refractivity contribution is 5.84. The Kier molecular flexibility index (Phi) is 2.65. The summed E-state index contributed by atoms with van der Waals surface area (Å²) >= 11 is 0. The molecule has 5 nitrogen and oxygen atoms in total. The molecule has 1 aliphatic heterocycles. The van der Waals surface area contributed by atoms with Crippen molar-refractivity contribution in [3.8, 4) is 0 Å². The minimum Gasteiger partial charge on any atom is -0.481 e. The number of amides is 1. The third kappa shape index (κ3) is 1.94. The van der Waals surface area contributed by atoms with Crippen LogP contribution in [0.2, 0.25) is 0 Å². The van der Waals surface area contributed by atoms with E-state index in [1.807, 2.05) is 0 Å². The SMILES string of the molecule is N[C@@H]1CCN(CCC(=O)O)C1=O. The van der Waals surface area contributed by atoms with Gasteiger partial charge in [-0.3, -0.25) is 9.59 Å². The zero-order chi connectivity index (χ0) is 9.14. The fraction of sp³-hybridized carbons (Fsp3) is 0.714. The highest BCUT2D eigenvalue weighted by atomic mass is 16.4. The van der Waals surface area contributed by atoms with E-state index in [-0.39, 0.29) is 18.9 Å². The van der Waals surface area contributed by atoms with Crippen LogP contribution < -0.4 is 5.73 Å². The average molecular weight is 172 g/mol. The molecule has 1 rings (SSSR count). The van der Waals surface area contributed by atoms with E-state index < -0.39 is 12.0 Å². The lowest BCUT2D eigenvalue weighted by molar-refractivity contribution is -0.138. The molecule has 1 saturated heterocycles. The van der Waals surface area contributed by atoms with Gasteiger partial charge in [0.05, 0.1) is 12.5 Å². The quantitative estimate of drug-likeness (QED) is 0.573. The van der Waals surface area contributed by atoms with Gasteiger partial charge in [-0.15, -0.1) is 0 Å². The molecule has 1 amide bonds. The zero-order valence-electron chi connectivity index (χ0n) is 6.69. The monoisotopic (exact) mass is 172 g/mol. The topological polar surface area (TPSA) is 83.6 Å². The summed E-state index contributed by atoms with van der Waals surface area (Å²) in [5.74, 6) is -1.01. The van der Waals surface area contributed by atoms with Crippen LogP contribution in [0.4, 0.5) is 0 Å². The molecule has 5 heteroatoms. The van der Waals surface area contributed by atoms with Gasteiger partial charge in [-0.25, -0.2) is 0 Å². The molecule has 1 aliphatic rings. The molecule has 1 fully saturated rings. The fourth-order valence-electron chi connectivity index (χ4n) is 1.22. The third-order valence-corrected chi connectivity index (χ3v) is 1.93. The van der Waals surface area contributed by atoms with Crippen LogP contribution in [0.1, 0.15) is 12.8 Å². The van der Waals surface area contributed by atoms with Gasteiger partial charge in [0, 0.05) is 13.1 Å². The molecule has 12 heavy (non-hydrogen) atoms. The van der Waals surface area contributed by atoms with Crippen molar-refractivity contribution in [3.63, 3.8) is 0 Å². The average Bonchev–Trinajstić information content (AvgIpc) is 2.30. The van der Waals surface area contributed by atoms with Gasteiger partial charge in [0.1, 0.15) is 0 Å². The minimum atomic E-state index is -0.886. The molecule has 0 aromatic carbocycles. The van der Waals surface area contributed by atoms with E-state index in [1.54, 1.807) is 0 Å². The molecule has 0 aromatic heterocycles. The number of hydrogen-bond acceptors (Lipinski definition) is 3. The van der Waals surface area contributed by atoms with Crippen molar-refractivity contribution in [1.29, 1.82) is 0 Å². The first kappa shape index (κ1) is 8.99. The number of nitrogens with two attached hydrogens (primary N) is 1. The van der Waals surface area contributed by atoms with Gasteiger partial charge in [-0.05, 0) is 6.42 Å². The van der Waals surface area contributed by atoms with E-state index in [2.05, 4.69) is 0 Å². The van der Waals surface area contributed by atoms with Crippen molar-refractivity contribution >= 4 is 11.9 Å². The van der Waals surface area contributed by atoms with Crippen LogP contribution >= 0.6 is 0 Å². The predicted octanol–water partition coefficient (Wildman–Crippen LogP) is -0.979. The Hall–Kier alpha value is -1.10. The van der Waals surface area contributed by atoms with E-state index in [0.717, 1.165) is 0 Å². The molecule has 0 saturated carbocycles. The minimum absolute atomic E-state index is 0.00153. The number of nitrogens with zero attached hydrogens (tertiary/aromatic N) is 1. The number of likely N-dealkylation sites (tertiary alicyclic amines) is 1. The van der Waals surface area contributed by atoms with Gasteiger partial charge in [0.15, 0.2) is 0 Å². The van der Waals surface area contributed by atoms with Crippen molar-refractivity contribution in [2.75, 3.05) is 13.1 Å². The van der Waals surface area contributed by atoms with Crippen LogP contribution in [0, 0.1) is 0 Å². The summed E-state index contributed by atoms with van der Waals surface area (Å²) in [5.41, 5.74) is 5.44. The number of aliphatic carboxylic acids is 1. The van der Waals surface area contributed by atoms with Gasteiger partial charge in [0.25, 0.3) is 0 Å². The first-order chi connectivity index (χ1) is 5.61. The summed E-state index contributed by atoms with van der Waals surface area (Å²) in [4.78, 5) is 22.8. The second-order valence-corrected chi connectivity index (χ2v) is 2.86. The van der Waals surface area contributed by atoms with E-state index in [1.165, 1.54) is 4.90 Å². The van der Waals surface area contributed by atoms with Gasteiger partial charge in [0.2, 0.25) is 5.91 Å². The smallest absolute Gasteiger partial charge is 0.305 e. The Morgan fingerprint density at radius 1 is 1.75 bits per heavy atom. The highest BCUT2D eigenvalue weighted by Crippen LogP contribution is 2.08. The molecule has 0 spiro atoms. The van der Waals surface area contributed by atoms with Crippen molar-refractivity contribution in [3.05, 3.63) is 0 Å². The van der Waals surface area contributed by atoms with Crippen LogP contribution in [0.15, 0.2) is 0 Å². The van der Waals surface area contributed by atoms with E-state index in [4.69, 9.17) is 10.8 Å². The molecule has 0 aliphatic carbocycles. The number of hydrogen-bond donors (Lipinski definition) is 2.